The molecule has 1 spiro atoms. The van der Waals surface area contributed by atoms with Crippen molar-refractivity contribution in [2.45, 2.75) is 31.8 Å². The van der Waals surface area contributed by atoms with Gasteiger partial charge in [0.25, 0.3) is 5.91 Å². The molecule has 0 N–H and O–H groups in total. The van der Waals surface area contributed by atoms with Crippen LogP contribution in [-0.2, 0) is 16.1 Å². The Bertz CT molecular complexity index is 750. The third kappa shape index (κ3) is 3.15. The SMILES string of the molecule is COCCN1C(=O)[C@]2(CC[C@@H]3CN(Cc4cccc(OC)c4)C[C@@H]32)N=C1C. The lowest BCUT2D eigenvalue weighted by atomic mass is 9.85. The van der Waals surface area contributed by atoms with Gasteiger partial charge in [-0.3, -0.25) is 19.6 Å². The molecule has 1 amide bonds. The summed E-state index contributed by atoms with van der Waals surface area (Å²) in [6.45, 7) is 5.97. The molecular weight excluding hydrogens is 342 g/mol. The fourth-order valence-corrected chi connectivity index (χ4v) is 5.17. The first-order chi connectivity index (χ1) is 13.1. The highest BCUT2D eigenvalue weighted by molar-refractivity contribution is 6.07. The normalized spacial score (nSPS) is 30.3. The van der Waals surface area contributed by atoms with Crippen LogP contribution in [-0.4, -0.2) is 67.5 Å². The number of carbonyl (C=O) groups is 1. The molecule has 2 fully saturated rings. The van der Waals surface area contributed by atoms with Crippen LogP contribution in [0.4, 0.5) is 0 Å². The van der Waals surface area contributed by atoms with Crippen LogP contribution in [0.5, 0.6) is 5.75 Å². The van der Waals surface area contributed by atoms with Gasteiger partial charge < -0.3 is 9.47 Å². The highest BCUT2D eigenvalue weighted by atomic mass is 16.5. The van der Waals surface area contributed by atoms with Crippen molar-refractivity contribution in [3.05, 3.63) is 29.8 Å². The second kappa shape index (κ2) is 7.24. The molecule has 1 aromatic rings. The lowest BCUT2D eigenvalue weighted by molar-refractivity contribution is -0.132. The quantitative estimate of drug-likeness (QED) is 0.769. The van der Waals surface area contributed by atoms with E-state index in [1.807, 2.05) is 24.0 Å². The maximum absolute atomic E-state index is 13.3. The van der Waals surface area contributed by atoms with E-state index in [2.05, 4.69) is 17.0 Å². The van der Waals surface area contributed by atoms with Crippen molar-refractivity contribution in [1.29, 1.82) is 0 Å². The van der Waals surface area contributed by atoms with Crippen molar-refractivity contribution in [2.24, 2.45) is 16.8 Å². The van der Waals surface area contributed by atoms with Gasteiger partial charge in [-0.25, -0.2) is 0 Å². The molecule has 0 aromatic heterocycles. The molecule has 0 unspecified atom stereocenters. The Labute approximate surface area is 161 Å². The van der Waals surface area contributed by atoms with Crippen LogP contribution in [0.15, 0.2) is 29.3 Å². The topological polar surface area (TPSA) is 54.4 Å². The van der Waals surface area contributed by atoms with E-state index < -0.39 is 5.54 Å². The molecule has 27 heavy (non-hydrogen) atoms. The number of rotatable bonds is 6. The number of amides is 1. The van der Waals surface area contributed by atoms with E-state index in [0.29, 0.717) is 25.0 Å². The number of hydrogen-bond donors (Lipinski definition) is 0. The second-order valence-electron chi connectivity index (χ2n) is 7.98. The molecule has 0 radical (unpaired) electrons. The Balaban J connectivity index is 1.48. The number of benzene rings is 1. The van der Waals surface area contributed by atoms with E-state index in [4.69, 9.17) is 14.5 Å². The third-order valence-electron chi connectivity index (χ3n) is 6.45. The predicted molar refractivity (Wildman–Crippen MR) is 104 cm³/mol. The number of methoxy groups -OCH3 is 2. The van der Waals surface area contributed by atoms with Crippen molar-refractivity contribution in [1.82, 2.24) is 9.80 Å². The molecule has 3 atom stereocenters. The molecular formula is C21H29N3O3. The van der Waals surface area contributed by atoms with Crippen molar-refractivity contribution in [3.63, 3.8) is 0 Å². The molecule has 3 aliphatic rings. The number of amidine groups is 1. The summed E-state index contributed by atoms with van der Waals surface area (Å²) >= 11 is 0. The van der Waals surface area contributed by atoms with Crippen LogP contribution in [0.2, 0.25) is 0 Å². The number of carbonyl (C=O) groups excluding carboxylic acids is 1. The molecule has 6 heteroatoms. The van der Waals surface area contributed by atoms with Gasteiger partial charge in [0.1, 0.15) is 17.1 Å². The number of ether oxygens (including phenoxy) is 2. The standard InChI is InChI=1S/C21H29N3O3/c1-15-22-21(20(25)24(15)9-10-26-2)8-7-17-13-23(14-19(17)21)12-16-5-4-6-18(11-16)27-3/h4-6,11,17,19H,7-10,12-14H2,1-3H3/t17-,19+,21-/m1/s1. The summed E-state index contributed by atoms with van der Waals surface area (Å²) < 4.78 is 10.5. The fraction of sp³-hybridized carbons (Fsp3) is 0.619. The zero-order chi connectivity index (χ0) is 19.0. The van der Waals surface area contributed by atoms with Gasteiger partial charge in [-0.2, -0.15) is 0 Å². The summed E-state index contributed by atoms with van der Waals surface area (Å²) in [5, 5.41) is 0. The third-order valence-corrected chi connectivity index (χ3v) is 6.45. The fourth-order valence-electron chi connectivity index (χ4n) is 5.17. The van der Waals surface area contributed by atoms with E-state index in [9.17, 15) is 4.79 Å². The molecule has 1 aromatic carbocycles. The molecule has 146 valence electrons. The van der Waals surface area contributed by atoms with Crippen LogP contribution in [0.1, 0.15) is 25.3 Å². The largest absolute Gasteiger partial charge is 0.497 e. The van der Waals surface area contributed by atoms with Crippen molar-refractivity contribution in [2.75, 3.05) is 40.5 Å². The first-order valence-electron chi connectivity index (χ1n) is 9.80. The van der Waals surface area contributed by atoms with Gasteiger partial charge >= 0.3 is 0 Å². The van der Waals surface area contributed by atoms with Gasteiger partial charge in [0, 0.05) is 32.7 Å². The molecule has 2 heterocycles. The molecule has 1 saturated carbocycles. The highest BCUT2D eigenvalue weighted by Crippen LogP contribution is 2.50. The first-order valence-corrected chi connectivity index (χ1v) is 9.80. The zero-order valence-corrected chi connectivity index (χ0v) is 16.5. The van der Waals surface area contributed by atoms with Crippen LogP contribution in [0.3, 0.4) is 0 Å². The lowest BCUT2D eigenvalue weighted by Gasteiger charge is -2.28. The Hall–Kier alpha value is -1.92. The lowest BCUT2D eigenvalue weighted by Crippen LogP contribution is -2.47. The molecule has 2 aliphatic heterocycles. The van der Waals surface area contributed by atoms with Crippen LogP contribution >= 0.6 is 0 Å². The maximum Gasteiger partial charge on any atom is 0.256 e. The number of nitrogens with zero attached hydrogens (tertiary/aromatic N) is 3. The summed E-state index contributed by atoms with van der Waals surface area (Å²) in [4.78, 5) is 22.5. The van der Waals surface area contributed by atoms with Crippen LogP contribution < -0.4 is 4.74 Å². The van der Waals surface area contributed by atoms with Crippen molar-refractivity contribution >= 4 is 11.7 Å². The van der Waals surface area contributed by atoms with E-state index >= 15 is 0 Å². The Morgan fingerprint density at radius 3 is 2.93 bits per heavy atom. The summed E-state index contributed by atoms with van der Waals surface area (Å²) in [6.07, 6.45) is 1.97. The Morgan fingerprint density at radius 2 is 2.15 bits per heavy atom. The summed E-state index contributed by atoms with van der Waals surface area (Å²) in [5.74, 6) is 2.80. The van der Waals surface area contributed by atoms with E-state index in [0.717, 1.165) is 44.1 Å². The van der Waals surface area contributed by atoms with Crippen LogP contribution in [0, 0.1) is 11.8 Å². The summed E-state index contributed by atoms with van der Waals surface area (Å²) in [5.41, 5.74) is 0.716. The molecule has 6 nitrogen and oxygen atoms in total. The minimum absolute atomic E-state index is 0.188. The average molecular weight is 371 g/mol. The number of aliphatic imine (C=N–C) groups is 1. The van der Waals surface area contributed by atoms with Gasteiger partial charge in [0.15, 0.2) is 0 Å². The molecule has 4 rings (SSSR count). The second-order valence-corrected chi connectivity index (χ2v) is 7.98. The monoisotopic (exact) mass is 371 g/mol. The summed E-state index contributed by atoms with van der Waals surface area (Å²) in [7, 11) is 3.37. The van der Waals surface area contributed by atoms with Gasteiger partial charge in [0.05, 0.1) is 20.3 Å². The van der Waals surface area contributed by atoms with Crippen LogP contribution in [0.25, 0.3) is 0 Å². The highest BCUT2D eigenvalue weighted by Gasteiger charge is 2.60. The number of likely N-dealkylation sites (tertiary alicyclic amines) is 1. The molecule has 0 bridgehead atoms. The smallest absolute Gasteiger partial charge is 0.256 e. The minimum Gasteiger partial charge on any atom is -0.497 e. The minimum atomic E-state index is -0.536. The van der Waals surface area contributed by atoms with Gasteiger partial charge in [-0.05, 0) is 43.4 Å². The number of fused-ring (bicyclic) bond motifs is 2. The molecule has 1 saturated heterocycles. The van der Waals surface area contributed by atoms with Gasteiger partial charge in [-0.15, -0.1) is 0 Å². The Morgan fingerprint density at radius 1 is 1.30 bits per heavy atom. The van der Waals surface area contributed by atoms with Gasteiger partial charge in [-0.1, -0.05) is 12.1 Å². The first kappa shape index (κ1) is 18.4. The zero-order valence-electron chi connectivity index (χ0n) is 16.5. The number of hydrogen-bond acceptors (Lipinski definition) is 5. The Kier molecular flexibility index (Phi) is 4.95. The maximum atomic E-state index is 13.3. The average Bonchev–Trinajstić information content (AvgIpc) is 3.28. The predicted octanol–water partition coefficient (Wildman–Crippen LogP) is 2.18. The van der Waals surface area contributed by atoms with Crippen molar-refractivity contribution in [3.8, 4) is 5.75 Å². The van der Waals surface area contributed by atoms with E-state index in [-0.39, 0.29) is 5.91 Å². The van der Waals surface area contributed by atoms with Gasteiger partial charge in [0.2, 0.25) is 0 Å². The van der Waals surface area contributed by atoms with E-state index in [1.54, 1.807) is 14.2 Å². The van der Waals surface area contributed by atoms with Crippen molar-refractivity contribution < 1.29 is 14.3 Å². The van der Waals surface area contributed by atoms with E-state index in [1.165, 1.54) is 5.56 Å². The summed E-state index contributed by atoms with van der Waals surface area (Å²) in [6, 6.07) is 8.25. The molecule has 1 aliphatic carbocycles.